The van der Waals surface area contributed by atoms with Crippen LogP contribution in [-0.4, -0.2) is 79.7 Å². The van der Waals surface area contributed by atoms with Gasteiger partial charge < -0.3 is 15.4 Å². The summed E-state index contributed by atoms with van der Waals surface area (Å²) in [5.41, 5.74) is -0.768. The molecule has 0 aromatic heterocycles. The molecular formula is C22H33N2O11PS. The van der Waals surface area contributed by atoms with Gasteiger partial charge in [0.05, 0.1) is 33.2 Å². The van der Waals surface area contributed by atoms with E-state index in [1.807, 2.05) is 0 Å². The van der Waals surface area contributed by atoms with Crippen molar-refractivity contribution >= 4 is 54.1 Å². The summed E-state index contributed by atoms with van der Waals surface area (Å²) >= 11 is 0.832. The number of thioether (sulfide) groups is 1. The SMILES string of the molecule is CCOP1(=O)OCC(C)(C)[C@H](C(=O)NCCC(=O)NCCSC(=O)CC(=O)CC(=O)/C=C/C(=O)OC)O1. The van der Waals surface area contributed by atoms with E-state index in [9.17, 15) is 33.3 Å². The standard InChI is InChI=1S/C22H33N2O11PS/c1-5-33-36(31)34-14-22(2,3)20(35-36)21(30)24-9-8-17(27)23-10-11-37-19(29)13-16(26)12-15(25)6-7-18(28)32-4/h6-7,20H,5,8-14H2,1-4H3,(H,23,27)(H,24,30)/b7-6+/t20-,36?/m0/s1. The van der Waals surface area contributed by atoms with Gasteiger partial charge in [-0.1, -0.05) is 25.6 Å². The molecule has 1 fully saturated rings. The fourth-order valence-electron chi connectivity index (χ4n) is 2.84. The van der Waals surface area contributed by atoms with Crippen LogP contribution in [0, 0.1) is 5.41 Å². The fraction of sp³-hybridized carbons (Fsp3) is 0.636. The van der Waals surface area contributed by atoms with Gasteiger partial charge in [0, 0.05) is 36.8 Å². The van der Waals surface area contributed by atoms with Crippen LogP contribution in [0.15, 0.2) is 12.2 Å². The number of rotatable bonds is 15. The quantitative estimate of drug-likeness (QED) is 0.0952. The number of carbonyl (C=O) groups is 6. The van der Waals surface area contributed by atoms with Gasteiger partial charge in [0.25, 0.3) is 0 Å². The highest BCUT2D eigenvalue weighted by Crippen LogP contribution is 2.57. The number of esters is 1. The highest BCUT2D eigenvalue weighted by Gasteiger charge is 2.48. The Labute approximate surface area is 219 Å². The van der Waals surface area contributed by atoms with Crippen LogP contribution < -0.4 is 10.6 Å². The Bertz CT molecular complexity index is 951. The molecule has 0 saturated carbocycles. The fourth-order valence-corrected chi connectivity index (χ4v) is 5.18. The van der Waals surface area contributed by atoms with E-state index in [1.54, 1.807) is 20.8 Å². The third-order valence-electron chi connectivity index (χ3n) is 4.72. The maximum absolute atomic E-state index is 12.5. The monoisotopic (exact) mass is 564 g/mol. The molecule has 0 radical (unpaired) electrons. The summed E-state index contributed by atoms with van der Waals surface area (Å²) < 4.78 is 32.2. The van der Waals surface area contributed by atoms with Crippen molar-refractivity contribution in [3.8, 4) is 0 Å². The summed E-state index contributed by atoms with van der Waals surface area (Å²) in [4.78, 5) is 70.6. The first-order valence-electron chi connectivity index (χ1n) is 11.4. The van der Waals surface area contributed by atoms with Crippen LogP contribution in [0.3, 0.4) is 0 Å². The molecule has 1 unspecified atom stereocenters. The highest BCUT2D eigenvalue weighted by atomic mass is 32.2. The van der Waals surface area contributed by atoms with Gasteiger partial charge in [-0.15, -0.1) is 0 Å². The number of amides is 2. The van der Waals surface area contributed by atoms with Crippen LogP contribution in [0.1, 0.15) is 40.0 Å². The first kappa shape index (κ1) is 32.6. The zero-order valence-corrected chi connectivity index (χ0v) is 22.9. The summed E-state index contributed by atoms with van der Waals surface area (Å²) in [6.07, 6.45) is -0.302. The van der Waals surface area contributed by atoms with E-state index < -0.39 is 60.7 Å². The van der Waals surface area contributed by atoms with E-state index in [0.717, 1.165) is 31.0 Å². The first-order chi connectivity index (χ1) is 17.3. The molecule has 0 aromatic rings. The van der Waals surface area contributed by atoms with Crippen molar-refractivity contribution in [2.24, 2.45) is 5.41 Å². The average molecular weight is 565 g/mol. The number of ketones is 2. The molecule has 0 aromatic carbocycles. The molecule has 2 N–H and O–H groups in total. The van der Waals surface area contributed by atoms with Crippen LogP contribution in [0.5, 0.6) is 0 Å². The normalized spacial score (nSPS) is 20.7. The van der Waals surface area contributed by atoms with E-state index in [0.29, 0.717) is 0 Å². The molecule has 2 atom stereocenters. The molecule has 0 aliphatic carbocycles. The van der Waals surface area contributed by atoms with Crippen molar-refractivity contribution in [1.29, 1.82) is 0 Å². The molecule has 13 nitrogen and oxygen atoms in total. The van der Waals surface area contributed by atoms with E-state index in [-0.39, 0.29) is 44.4 Å². The van der Waals surface area contributed by atoms with Crippen LogP contribution in [0.4, 0.5) is 0 Å². The van der Waals surface area contributed by atoms with Crippen molar-refractivity contribution in [2.75, 3.05) is 39.2 Å². The minimum absolute atomic E-state index is 0.000567. The van der Waals surface area contributed by atoms with E-state index in [4.69, 9.17) is 13.6 Å². The van der Waals surface area contributed by atoms with Crippen molar-refractivity contribution in [2.45, 2.75) is 46.1 Å². The molecular weight excluding hydrogens is 531 g/mol. The summed E-state index contributed by atoms with van der Waals surface area (Å²) in [6.45, 7) is 5.27. The minimum Gasteiger partial charge on any atom is -0.466 e. The summed E-state index contributed by atoms with van der Waals surface area (Å²) in [7, 11) is -2.69. The number of phosphoric ester groups is 1. The summed E-state index contributed by atoms with van der Waals surface area (Å²) in [5, 5.41) is 4.70. The molecule has 0 bridgehead atoms. The third-order valence-corrected chi connectivity index (χ3v) is 7.09. The lowest BCUT2D eigenvalue weighted by Crippen LogP contribution is -2.50. The van der Waals surface area contributed by atoms with E-state index >= 15 is 0 Å². The van der Waals surface area contributed by atoms with Crippen LogP contribution in [0.25, 0.3) is 0 Å². The lowest BCUT2D eigenvalue weighted by atomic mass is 9.87. The topological polar surface area (TPSA) is 180 Å². The Morgan fingerprint density at radius 1 is 1.08 bits per heavy atom. The van der Waals surface area contributed by atoms with Crippen LogP contribution in [0.2, 0.25) is 0 Å². The van der Waals surface area contributed by atoms with Crippen LogP contribution >= 0.6 is 19.6 Å². The molecule has 1 aliphatic rings. The summed E-state index contributed by atoms with van der Waals surface area (Å²) in [5.74, 6) is -2.67. The molecule has 2 amide bonds. The van der Waals surface area contributed by atoms with Crippen molar-refractivity contribution in [3.05, 3.63) is 12.2 Å². The second kappa shape index (κ2) is 15.8. The lowest BCUT2D eigenvalue weighted by molar-refractivity contribution is -0.141. The van der Waals surface area contributed by atoms with Gasteiger partial charge in [-0.3, -0.25) is 37.5 Å². The Morgan fingerprint density at radius 3 is 2.43 bits per heavy atom. The molecule has 37 heavy (non-hydrogen) atoms. The maximum Gasteiger partial charge on any atom is 0.475 e. The van der Waals surface area contributed by atoms with E-state index in [2.05, 4.69) is 15.4 Å². The molecule has 1 heterocycles. The Kier molecular flexibility index (Phi) is 13.9. The number of methoxy groups -OCH3 is 1. The maximum atomic E-state index is 12.5. The predicted octanol–water partition coefficient (Wildman–Crippen LogP) is 1.10. The van der Waals surface area contributed by atoms with Crippen LogP contribution in [-0.2, 0) is 51.6 Å². The van der Waals surface area contributed by atoms with Crippen molar-refractivity contribution in [1.82, 2.24) is 10.6 Å². The second-order valence-corrected chi connectivity index (χ2v) is 11.2. The van der Waals surface area contributed by atoms with Gasteiger partial charge >= 0.3 is 13.8 Å². The van der Waals surface area contributed by atoms with Gasteiger partial charge in [0.2, 0.25) is 11.8 Å². The number of phosphoric acid groups is 1. The molecule has 1 rings (SSSR count). The number of ether oxygens (including phenoxy) is 1. The zero-order valence-electron chi connectivity index (χ0n) is 21.2. The van der Waals surface area contributed by atoms with Gasteiger partial charge in [0.15, 0.2) is 17.0 Å². The Balaban J connectivity index is 2.27. The molecule has 0 spiro atoms. The molecule has 1 aliphatic heterocycles. The molecule has 1 saturated heterocycles. The van der Waals surface area contributed by atoms with Crippen molar-refractivity contribution < 1.29 is 51.6 Å². The number of hydrogen-bond acceptors (Lipinski definition) is 12. The highest BCUT2D eigenvalue weighted by molar-refractivity contribution is 8.13. The average Bonchev–Trinajstić information content (AvgIpc) is 2.82. The second-order valence-electron chi connectivity index (χ2n) is 8.44. The zero-order chi connectivity index (χ0) is 28.1. The number of Topliss-reactive ketones (excluding diaryl/α,β-unsaturated/α-hetero) is 1. The number of hydrogen-bond donors (Lipinski definition) is 2. The predicted molar refractivity (Wildman–Crippen MR) is 132 cm³/mol. The van der Waals surface area contributed by atoms with Gasteiger partial charge in [0.1, 0.15) is 5.78 Å². The number of carbonyl (C=O) groups excluding carboxylic acids is 6. The van der Waals surface area contributed by atoms with Crippen molar-refractivity contribution in [3.63, 3.8) is 0 Å². The first-order valence-corrected chi connectivity index (χ1v) is 13.8. The van der Waals surface area contributed by atoms with Gasteiger partial charge in [-0.2, -0.15) is 0 Å². The third kappa shape index (κ3) is 12.6. The van der Waals surface area contributed by atoms with E-state index in [1.165, 1.54) is 0 Å². The van der Waals surface area contributed by atoms with Gasteiger partial charge in [-0.25, -0.2) is 9.36 Å². The molecule has 208 valence electrons. The smallest absolute Gasteiger partial charge is 0.466 e. The molecule has 15 heteroatoms. The van der Waals surface area contributed by atoms with Gasteiger partial charge in [-0.05, 0) is 13.0 Å². The minimum atomic E-state index is -3.83. The Morgan fingerprint density at radius 2 is 1.78 bits per heavy atom. The largest absolute Gasteiger partial charge is 0.475 e. The Hall–Kier alpha value is -2.38. The summed E-state index contributed by atoms with van der Waals surface area (Å²) in [6, 6.07) is 0. The number of nitrogens with one attached hydrogen (secondary N) is 2. The lowest BCUT2D eigenvalue weighted by Gasteiger charge is -2.39. The number of allylic oxidation sites excluding steroid dienone is 1.